The fourth-order valence-electron chi connectivity index (χ4n) is 7.94. The Hall–Kier alpha value is -6.30. The molecule has 2 fully saturated rings. The van der Waals surface area contributed by atoms with E-state index in [2.05, 4.69) is 30.1 Å². The van der Waals surface area contributed by atoms with Gasteiger partial charge in [0.2, 0.25) is 0 Å². The quantitative estimate of drug-likeness (QED) is 0.103. The van der Waals surface area contributed by atoms with E-state index in [4.69, 9.17) is 20.5 Å². The van der Waals surface area contributed by atoms with Gasteiger partial charge in [-0.25, -0.2) is 13.8 Å². The van der Waals surface area contributed by atoms with Crippen LogP contribution in [0.5, 0.6) is 0 Å². The maximum absolute atomic E-state index is 14.8. The van der Waals surface area contributed by atoms with Crippen molar-refractivity contribution in [2.24, 2.45) is 21.5 Å². The Labute approximate surface area is 357 Å². The molecule has 0 aliphatic carbocycles. The molecule has 2 saturated heterocycles. The van der Waals surface area contributed by atoms with Crippen LogP contribution in [-0.4, -0.2) is 58.2 Å². The smallest absolute Gasteiger partial charge is 0.256 e. The van der Waals surface area contributed by atoms with E-state index in [-0.39, 0.29) is 17.6 Å². The largest absolute Gasteiger partial charge is 0.370 e. The Kier molecular flexibility index (Phi) is 14.3. The molecule has 2 aliphatic rings. The number of rotatable bonds is 10. The molecule has 4 heterocycles. The molecule has 0 radical (unpaired) electrons. The van der Waals surface area contributed by atoms with Gasteiger partial charge in [-0.2, -0.15) is 4.99 Å². The topological polar surface area (TPSA) is 135 Å². The average Bonchev–Trinajstić information content (AvgIpc) is 3.85. The minimum atomic E-state index is -0.240. The Balaban J connectivity index is 0.000000184. The van der Waals surface area contributed by atoms with Gasteiger partial charge < -0.3 is 30.3 Å². The monoisotopic (exact) mass is 826 g/mol. The zero-order valence-corrected chi connectivity index (χ0v) is 35.4. The van der Waals surface area contributed by atoms with Gasteiger partial charge in [0.25, 0.3) is 5.88 Å². The van der Waals surface area contributed by atoms with Crippen LogP contribution in [-0.2, 0) is 19.4 Å². The molecule has 61 heavy (non-hydrogen) atoms. The molecule has 6 aromatic rings. The lowest BCUT2D eigenvalue weighted by atomic mass is 9.92. The van der Waals surface area contributed by atoms with Gasteiger partial charge in [-0.1, -0.05) is 102 Å². The number of aliphatic imine (C=N–C) groups is 2. The van der Waals surface area contributed by atoms with Crippen LogP contribution >= 0.6 is 0 Å². The number of hydrogen-bond acceptors (Lipinski definition) is 6. The first-order valence-corrected chi connectivity index (χ1v) is 21.4. The number of hydrogen-bond donors (Lipinski definition) is 2. The van der Waals surface area contributed by atoms with Crippen molar-refractivity contribution in [2.75, 3.05) is 26.2 Å². The van der Waals surface area contributed by atoms with Crippen LogP contribution in [0.25, 0.3) is 22.3 Å². The summed E-state index contributed by atoms with van der Waals surface area (Å²) in [6.07, 6.45) is 8.38. The highest BCUT2D eigenvalue weighted by Crippen LogP contribution is 2.32. The highest BCUT2D eigenvalue weighted by atomic mass is 19.1. The molecule has 0 bridgehead atoms. The summed E-state index contributed by atoms with van der Waals surface area (Å²) >= 11 is 0. The third-order valence-electron chi connectivity index (χ3n) is 11.8. The van der Waals surface area contributed by atoms with Crippen LogP contribution in [0.4, 0.5) is 14.7 Å². The molecule has 4 N–H and O–H groups in total. The molecule has 10 nitrogen and oxygen atoms in total. The number of guanidine groups is 2. The summed E-state index contributed by atoms with van der Waals surface area (Å²) in [5.41, 5.74) is 20.5. The SMILES string of the molecule is Cc1c(C(C)c2ccc(-c3ccccc3)c(F)c2)noc1CN=C(N)N1CCCCC1.Cc1c(CCc2ccc(-c3ccccc3)c(F)c2)noc1N=C(N)N1CCCCC1. The van der Waals surface area contributed by atoms with E-state index in [1.165, 1.54) is 12.8 Å². The number of piperidine rings is 2. The molecular formula is C49H56F2N8O2. The van der Waals surface area contributed by atoms with Crippen molar-refractivity contribution in [3.8, 4) is 22.3 Å². The van der Waals surface area contributed by atoms with E-state index < -0.39 is 0 Å². The highest BCUT2D eigenvalue weighted by Gasteiger charge is 2.21. The average molecular weight is 827 g/mol. The van der Waals surface area contributed by atoms with Gasteiger partial charge in [0.15, 0.2) is 17.7 Å². The van der Waals surface area contributed by atoms with Crippen LogP contribution in [0, 0.1) is 25.5 Å². The lowest BCUT2D eigenvalue weighted by Gasteiger charge is -2.27. The van der Waals surface area contributed by atoms with Crippen LogP contribution in [0.1, 0.15) is 90.8 Å². The standard InChI is InChI=1S/C25H29FN4O.C24H27FN4O/c1-17(20-11-12-21(22(26)15-20)19-9-5-3-6-10-19)24-18(2)23(31-29-24)16-28-25(27)30-13-7-4-8-14-30;1-17-22(28-30-23(17)27-24(26)29-14-6-3-7-15-29)13-11-18-10-12-20(21(25)16-18)19-8-4-2-5-9-19/h3,5-6,9-12,15,17H,4,7-8,13-14,16H2,1-2H3,(H2,27,28);2,4-5,8-10,12,16H,3,6-7,11,13-15H2,1H3,(H2,26,27). The molecule has 0 amide bonds. The summed E-state index contributed by atoms with van der Waals surface area (Å²) in [6.45, 7) is 10.0. The van der Waals surface area contributed by atoms with Crippen LogP contribution < -0.4 is 11.5 Å². The summed E-state index contributed by atoms with van der Waals surface area (Å²) < 4.78 is 40.4. The molecule has 1 atom stereocenters. The molecule has 2 aliphatic heterocycles. The minimum absolute atomic E-state index is 0.0970. The number of nitrogens with two attached hydrogens (primary N) is 2. The lowest BCUT2D eigenvalue weighted by molar-refractivity contribution is 0.336. The normalized spacial score (nSPS) is 15.4. The maximum atomic E-state index is 14.8. The predicted octanol–water partition coefficient (Wildman–Crippen LogP) is 10.2. The Morgan fingerprint density at radius 2 is 1.25 bits per heavy atom. The van der Waals surface area contributed by atoms with E-state index in [0.29, 0.717) is 54.1 Å². The lowest BCUT2D eigenvalue weighted by Crippen LogP contribution is -2.40. The first-order valence-electron chi connectivity index (χ1n) is 21.4. The molecule has 1 unspecified atom stereocenters. The third kappa shape index (κ3) is 10.7. The summed E-state index contributed by atoms with van der Waals surface area (Å²) in [5.74, 6) is 1.65. The Morgan fingerprint density at radius 1 is 0.672 bits per heavy atom. The fourth-order valence-corrected chi connectivity index (χ4v) is 7.94. The van der Waals surface area contributed by atoms with Crippen molar-refractivity contribution in [3.05, 3.63) is 148 Å². The second-order valence-corrected chi connectivity index (χ2v) is 15.9. The predicted molar refractivity (Wildman–Crippen MR) is 239 cm³/mol. The number of nitrogens with zero attached hydrogens (tertiary/aromatic N) is 6. The van der Waals surface area contributed by atoms with E-state index >= 15 is 0 Å². The van der Waals surface area contributed by atoms with Crippen molar-refractivity contribution in [3.63, 3.8) is 0 Å². The number of benzene rings is 4. The molecule has 12 heteroatoms. The number of likely N-dealkylation sites (tertiary alicyclic amines) is 2. The number of aryl methyl sites for hydroxylation is 2. The van der Waals surface area contributed by atoms with Gasteiger partial charge in [-0.15, -0.1) is 0 Å². The molecule has 318 valence electrons. The third-order valence-corrected chi connectivity index (χ3v) is 11.8. The first kappa shape index (κ1) is 42.8. The second-order valence-electron chi connectivity index (χ2n) is 15.9. The summed E-state index contributed by atoms with van der Waals surface area (Å²) in [5, 5.41) is 8.44. The van der Waals surface area contributed by atoms with Crippen molar-refractivity contribution in [2.45, 2.75) is 84.6 Å². The van der Waals surface area contributed by atoms with E-state index in [1.54, 1.807) is 12.1 Å². The van der Waals surface area contributed by atoms with Crippen LogP contribution in [0.15, 0.2) is 116 Å². The summed E-state index contributed by atoms with van der Waals surface area (Å²) in [7, 11) is 0. The van der Waals surface area contributed by atoms with Crippen LogP contribution in [0.3, 0.4) is 0 Å². The van der Waals surface area contributed by atoms with Crippen LogP contribution in [0.2, 0.25) is 0 Å². The van der Waals surface area contributed by atoms with E-state index in [9.17, 15) is 8.78 Å². The van der Waals surface area contributed by atoms with Crippen molar-refractivity contribution >= 4 is 17.8 Å². The van der Waals surface area contributed by atoms with Gasteiger partial charge in [0.05, 0.1) is 11.4 Å². The first-order chi connectivity index (χ1) is 29.7. The number of halogens is 2. The van der Waals surface area contributed by atoms with Gasteiger partial charge >= 0.3 is 0 Å². The van der Waals surface area contributed by atoms with E-state index in [0.717, 1.165) is 96.6 Å². The second kappa shape index (κ2) is 20.3. The van der Waals surface area contributed by atoms with Gasteiger partial charge in [0, 0.05) is 54.4 Å². The highest BCUT2D eigenvalue weighted by molar-refractivity contribution is 5.81. The molecular weight excluding hydrogens is 771 g/mol. The maximum Gasteiger partial charge on any atom is 0.256 e. The molecule has 4 aromatic carbocycles. The molecule has 8 rings (SSSR count). The zero-order chi connectivity index (χ0) is 42.7. The van der Waals surface area contributed by atoms with Crippen molar-refractivity contribution in [1.82, 2.24) is 20.1 Å². The van der Waals surface area contributed by atoms with Crippen molar-refractivity contribution < 1.29 is 17.8 Å². The molecule has 0 saturated carbocycles. The fraction of sp³-hybridized carbons (Fsp3) is 0.347. The summed E-state index contributed by atoms with van der Waals surface area (Å²) in [6, 6.07) is 29.9. The number of aromatic nitrogens is 2. The summed E-state index contributed by atoms with van der Waals surface area (Å²) in [4.78, 5) is 13.2. The van der Waals surface area contributed by atoms with Crippen molar-refractivity contribution in [1.29, 1.82) is 0 Å². The van der Waals surface area contributed by atoms with Gasteiger partial charge in [0.1, 0.15) is 18.2 Å². The Morgan fingerprint density at radius 3 is 1.84 bits per heavy atom. The van der Waals surface area contributed by atoms with E-state index in [1.807, 2.05) is 106 Å². The molecule has 0 spiro atoms. The minimum Gasteiger partial charge on any atom is -0.370 e. The van der Waals surface area contributed by atoms with Gasteiger partial charge in [-0.05, 0) is 99.6 Å². The molecule has 2 aromatic heterocycles. The zero-order valence-electron chi connectivity index (χ0n) is 35.4. The Bertz CT molecular complexity index is 2420. The van der Waals surface area contributed by atoms with Gasteiger partial charge in [-0.3, -0.25) is 0 Å².